The molecule has 0 aliphatic rings. The molecule has 0 aliphatic heterocycles. The van der Waals surface area contributed by atoms with Crippen molar-refractivity contribution in [1.82, 2.24) is 10.3 Å². The van der Waals surface area contributed by atoms with Crippen molar-refractivity contribution in [2.24, 2.45) is 5.92 Å². The first kappa shape index (κ1) is 20.0. The summed E-state index contributed by atoms with van der Waals surface area (Å²) in [6.45, 7) is 7.07. The van der Waals surface area contributed by atoms with Gasteiger partial charge in [-0.05, 0) is 41.2 Å². The molecular formula is C24H30N2O2. The lowest BCUT2D eigenvalue weighted by Crippen LogP contribution is -2.28. The number of nitrogens with one attached hydrogen (secondary N) is 2. The van der Waals surface area contributed by atoms with E-state index in [-0.39, 0.29) is 11.8 Å². The van der Waals surface area contributed by atoms with Gasteiger partial charge in [-0.2, -0.15) is 0 Å². The van der Waals surface area contributed by atoms with Gasteiger partial charge in [0, 0.05) is 36.0 Å². The molecule has 4 heteroatoms. The van der Waals surface area contributed by atoms with Crippen molar-refractivity contribution in [3.63, 3.8) is 0 Å². The third kappa shape index (κ3) is 4.38. The van der Waals surface area contributed by atoms with E-state index in [2.05, 4.69) is 67.6 Å². The number of hydrogen-bond acceptors (Lipinski definition) is 2. The van der Waals surface area contributed by atoms with E-state index in [0.29, 0.717) is 18.9 Å². The minimum absolute atomic E-state index is 0.0149. The number of methoxy groups -OCH3 is 1. The van der Waals surface area contributed by atoms with Gasteiger partial charge in [-0.1, -0.05) is 51.1 Å². The molecule has 2 N–H and O–H groups in total. The van der Waals surface area contributed by atoms with Crippen LogP contribution in [0.2, 0.25) is 0 Å². The minimum Gasteiger partial charge on any atom is -0.497 e. The fourth-order valence-corrected chi connectivity index (χ4v) is 3.64. The molecule has 0 saturated heterocycles. The number of benzene rings is 2. The molecule has 0 fully saturated rings. The molecule has 1 heterocycles. The van der Waals surface area contributed by atoms with Crippen molar-refractivity contribution in [3.05, 3.63) is 65.4 Å². The highest BCUT2D eigenvalue weighted by molar-refractivity contribution is 5.88. The molecule has 2 aromatic carbocycles. The van der Waals surface area contributed by atoms with Crippen molar-refractivity contribution in [2.45, 2.75) is 39.5 Å². The van der Waals surface area contributed by atoms with Gasteiger partial charge >= 0.3 is 0 Å². The van der Waals surface area contributed by atoms with E-state index in [1.54, 1.807) is 7.11 Å². The highest BCUT2D eigenvalue weighted by Crippen LogP contribution is 2.35. The van der Waals surface area contributed by atoms with Gasteiger partial charge in [-0.25, -0.2) is 0 Å². The largest absolute Gasteiger partial charge is 0.497 e. The third-order valence-electron chi connectivity index (χ3n) is 5.21. The van der Waals surface area contributed by atoms with E-state index in [9.17, 15) is 4.79 Å². The van der Waals surface area contributed by atoms with Crippen molar-refractivity contribution >= 4 is 16.8 Å². The van der Waals surface area contributed by atoms with Crippen LogP contribution in [-0.2, 0) is 11.2 Å². The summed E-state index contributed by atoms with van der Waals surface area (Å²) in [7, 11) is 1.66. The SMILES string of the molecule is CCc1cccc2c([C@@H](CC(=O)NCC(C)C)c3ccc(OC)cc3)c[nH]c12. The van der Waals surface area contributed by atoms with E-state index in [4.69, 9.17) is 4.74 Å². The number of ether oxygens (including phenoxy) is 1. The Kier molecular flexibility index (Phi) is 6.40. The summed E-state index contributed by atoms with van der Waals surface area (Å²) in [4.78, 5) is 16.1. The second kappa shape index (κ2) is 8.96. The van der Waals surface area contributed by atoms with Gasteiger partial charge in [0.15, 0.2) is 0 Å². The number of aromatic nitrogens is 1. The Balaban J connectivity index is 1.99. The molecular weight excluding hydrogens is 348 g/mol. The van der Waals surface area contributed by atoms with Crippen LogP contribution in [-0.4, -0.2) is 24.5 Å². The number of carbonyl (C=O) groups is 1. The number of H-pyrrole nitrogens is 1. The molecule has 28 heavy (non-hydrogen) atoms. The molecule has 0 spiro atoms. The topological polar surface area (TPSA) is 54.1 Å². The maximum atomic E-state index is 12.7. The number of amides is 1. The van der Waals surface area contributed by atoms with E-state index >= 15 is 0 Å². The normalized spacial score (nSPS) is 12.3. The van der Waals surface area contributed by atoms with Gasteiger partial charge in [0.25, 0.3) is 0 Å². The van der Waals surface area contributed by atoms with Crippen LogP contribution in [0, 0.1) is 5.92 Å². The number of para-hydroxylation sites is 1. The first-order valence-electron chi connectivity index (χ1n) is 10.0. The molecule has 0 bridgehead atoms. The summed E-state index contributed by atoms with van der Waals surface area (Å²) in [5.74, 6) is 1.32. The first-order valence-corrected chi connectivity index (χ1v) is 10.0. The number of aryl methyl sites for hydroxylation is 1. The van der Waals surface area contributed by atoms with Crippen molar-refractivity contribution in [3.8, 4) is 5.75 Å². The van der Waals surface area contributed by atoms with Gasteiger partial charge in [0.2, 0.25) is 5.91 Å². The maximum absolute atomic E-state index is 12.7. The van der Waals surface area contributed by atoms with Crippen LogP contribution >= 0.6 is 0 Å². The fraction of sp³-hybridized carbons (Fsp3) is 0.375. The molecule has 3 rings (SSSR count). The fourth-order valence-electron chi connectivity index (χ4n) is 3.64. The van der Waals surface area contributed by atoms with Gasteiger partial charge in [0.1, 0.15) is 5.75 Å². The molecule has 1 amide bonds. The van der Waals surface area contributed by atoms with E-state index in [1.807, 2.05) is 12.1 Å². The van der Waals surface area contributed by atoms with E-state index < -0.39 is 0 Å². The summed E-state index contributed by atoms with van der Waals surface area (Å²) in [6, 6.07) is 14.4. The number of carbonyl (C=O) groups excluding carboxylic acids is 1. The number of rotatable bonds is 8. The molecule has 1 atom stereocenters. The smallest absolute Gasteiger partial charge is 0.220 e. The van der Waals surface area contributed by atoms with Crippen LogP contribution in [0.5, 0.6) is 5.75 Å². The van der Waals surface area contributed by atoms with Crippen molar-refractivity contribution in [2.75, 3.05) is 13.7 Å². The second-order valence-corrected chi connectivity index (χ2v) is 7.67. The average Bonchev–Trinajstić information content (AvgIpc) is 3.14. The zero-order valence-electron chi connectivity index (χ0n) is 17.2. The van der Waals surface area contributed by atoms with Crippen molar-refractivity contribution in [1.29, 1.82) is 0 Å². The second-order valence-electron chi connectivity index (χ2n) is 7.67. The quantitative estimate of drug-likeness (QED) is 0.577. The number of aromatic amines is 1. The molecule has 0 saturated carbocycles. The molecule has 0 unspecified atom stereocenters. The molecule has 1 aromatic heterocycles. The monoisotopic (exact) mass is 378 g/mol. The lowest BCUT2D eigenvalue weighted by molar-refractivity contribution is -0.121. The minimum atomic E-state index is -0.0149. The van der Waals surface area contributed by atoms with Crippen LogP contribution in [0.25, 0.3) is 10.9 Å². The predicted octanol–water partition coefficient (Wildman–Crippen LogP) is 5.03. The summed E-state index contributed by atoms with van der Waals surface area (Å²) < 4.78 is 5.30. The van der Waals surface area contributed by atoms with Gasteiger partial charge in [0.05, 0.1) is 7.11 Å². The zero-order valence-corrected chi connectivity index (χ0v) is 17.2. The Labute approximate surface area is 167 Å². The molecule has 0 radical (unpaired) electrons. The first-order chi connectivity index (χ1) is 13.5. The zero-order chi connectivity index (χ0) is 20.1. The summed E-state index contributed by atoms with van der Waals surface area (Å²) in [6.07, 6.45) is 3.45. The summed E-state index contributed by atoms with van der Waals surface area (Å²) >= 11 is 0. The standard InChI is InChI=1S/C24H30N2O2/c1-5-17-7-6-8-20-22(15-26-24(17)20)21(13-23(27)25-14-16(2)3)18-9-11-19(28-4)12-10-18/h6-12,15-16,21,26H,5,13-14H2,1-4H3,(H,25,27)/t21-/m0/s1. The van der Waals surface area contributed by atoms with Crippen LogP contribution in [0.3, 0.4) is 0 Å². The predicted molar refractivity (Wildman–Crippen MR) is 115 cm³/mol. The van der Waals surface area contributed by atoms with E-state index in [1.165, 1.54) is 16.5 Å². The molecule has 148 valence electrons. The molecule has 0 aliphatic carbocycles. The van der Waals surface area contributed by atoms with Gasteiger partial charge in [-0.3, -0.25) is 4.79 Å². The molecule has 3 aromatic rings. The summed E-state index contributed by atoms with van der Waals surface area (Å²) in [5, 5.41) is 4.26. The Morgan fingerprint density at radius 2 is 1.89 bits per heavy atom. The highest BCUT2D eigenvalue weighted by atomic mass is 16.5. The van der Waals surface area contributed by atoms with Crippen LogP contribution in [0.1, 0.15) is 49.8 Å². The lowest BCUT2D eigenvalue weighted by atomic mass is 9.87. The van der Waals surface area contributed by atoms with Crippen molar-refractivity contribution < 1.29 is 9.53 Å². The maximum Gasteiger partial charge on any atom is 0.220 e. The molecule has 4 nitrogen and oxygen atoms in total. The van der Waals surface area contributed by atoms with Crippen LogP contribution < -0.4 is 10.1 Å². The Hall–Kier alpha value is -2.75. The Morgan fingerprint density at radius 1 is 1.14 bits per heavy atom. The third-order valence-corrected chi connectivity index (χ3v) is 5.21. The Bertz CT molecular complexity index is 925. The van der Waals surface area contributed by atoms with Crippen LogP contribution in [0.15, 0.2) is 48.7 Å². The van der Waals surface area contributed by atoms with E-state index in [0.717, 1.165) is 23.3 Å². The van der Waals surface area contributed by atoms with Gasteiger partial charge in [-0.15, -0.1) is 0 Å². The average molecular weight is 379 g/mol. The lowest BCUT2D eigenvalue weighted by Gasteiger charge is -2.18. The number of hydrogen-bond donors (Lipinski definition) is 2. The van der Waals surface area contributed by atoms with Gasteiger partial charge < -0.3 is 15.0 Å². The summed E-state index contributed by atoms with van der Waals surface area (Å²) in [5.41, 5.74) is 4.74. The van der Waals surface area contributed by atoms with Crippen LogP contribution in [0.4, 0.5) is 0 Å². The Morgan fingerprint density at radius 3 is 2.54 bits per heavy atom. The number of fused-ring (bicyclic) bond motifs is 1. The highest BCUT2D eigenvalue weighted by Gasteiger charge is 2.22.